The highest BCUT2D eigenvalue weighted by molar-refractivity contribution is 7.21. The van der Waals surface area contributed by atoms with Crippen LogP contribution in [-0.2, 0) is 0 Å². The van der Waals surface area contributed by atoms with Crippen molar-refractivity contribution < 1.29 is 9.53 Å². The lowest BCUT2D eigenvalue weighted by molar-refractivity contribution is 0.103. The quantitative estimate of drug-likeness (QED) is 0.568. The Kier molecular flexibility index (Phi) is 3.78. The van der Waals surface area contributed by atoms with Crippen LogP contribution in [0.25, 0.3) is 21.1 Å². The van der Waals surface area contributed by atoms with Gasteiger partial charge >= 0.3 is 0 Å². The number of thiazole rings is 1. The molecule has 4 aromatic rings. The molecule has 3 aromatic heterocycles. The molecule has 8 heteroatoms. The molecule has 0 saturated heterocycles. The van der Waals surface area contributed by atoms with E-state index in [1.54, 1.807) is 7.11 Å². The molecule has 0 bridgehead atoms. The average molecular weight is 370 g/mol. The van der Waals surface area contributed by atoms with Crippen LogP contribution in [0.3, 0.4) is 0 Å². The van der Waals surface area contributed by atoms with E-state index < -0.39 is 0 Å². The van der Waals surface area contributed by atoms with Crippen molar-refractivity contribution >= 4 is 60.5 Å². The number of carbonyl (C=O) groups is 1. The summed E-state index contributed by atoms with van der Waals surface area (Å²) in [7, 11) is 1.62. The Morgan fingerprint density at radius 1 is 1.28 bits per heavy atom. The Balaban J connectivity index is 1.78. The summed E-state index contributed by atoms with van der Waals surface area (Å²) in [6, 6.07) is 7.61. The predicted molar refractivity (Wildman–Crippen MR) is 103 cm³/mol. The van der Waals surface area contributed by atoms with E-state index in [0.29, 0.717) is 15.7 Å². The Bertz CT molecular complexity index is 1120. The van der Waals surface area contributed by atoms with E-state index in [1.165, 1.54) is 22.7 Å². The molecule has 3 N–H and O–H groups in total. The summed E-state index contributed by atoms with van der Waals surface area (Å²) in [5.74, 6) is 0.470. The Labute approximate surface area is 151 Å². The first-order valence-electron chi connectivity index (χ1n) is 7.45. The molecule has 4 rings (SSSR count). The van der Waals surface area contributed by atoms with E-state index in [2.05, 4.69) is 15.3 Å². The Morgan fingerprint density at radius 2 is 2.12 bits per heavy atom. The second-order valence-electron chi connectivity index (χ2n) is 5.49. The van der Waals surface area contributed by atoms with Gasteiger partial charge in [0.2, 0.25) is 0 Å². The van der Waals surface area contributed by atoms with E-state index in [-0.39, 0.29) is 5.91 Å². The number of aryl methyl sites for hydroxylation is 1. The van der Waals surface area contributed by atoms with Gasteiger partial charge in [-0.3, -0.25) is 10.1 Å². The average Bonchev–Trinajstić information content (AvgIpc) is 3.15. The fourth-order valence-corrected chi connectivity index (χ4v) is 4.20. The number of benzene rings is 1. The molecule has 0 atom stereocenters. The number of anilines is 2. The number of rotatable bonds is 3. The number of hydrogen-bond acceptors (Lipinski definition) is 7. The van der Waals surface area contributed by atoms with Gasteiger partial charge in [-0.2, -0.15) is 0 Å². The van der Waals surface area contributed by atoms with Crippen LogP contribution in [0.2, 0.25) is 0 Å². The van der Waals surface area contributed by atoms with Gasteiger partial charge in [0.15, 0.2) is 5.13 Å². The van der Waals surface area contributed by atoms with Crippen molar-refractivity contribution in [3.63, 3.8) is 0 Å². The third-order valence-corrected chi connectivity index (χ3v) is 5.76. The molecule has 0 aliphatic heterocycles. The number of fused-ring (bicyclic) bond motifs is 2. The molecule has 0 aliphatic rings. The number of nitrogens with one attached hydrogen (secondary N) is 1. The van der Waals surface area contributed by atoms with Gasteiger partial charge in [-0.1, -0.05) is 0 Å². The molecule has 126 valence electrons. The zero-order valence-electron chi connectivity index (χ0n) is 13.5. The predicted octanol–water partition coefficient (Wildman–Crippen LogP) is 4.06. The molecule has 0 unspecified atom stereocenters. The number of carbonyl (C=O) groups excluding carboxylic acids is 1. The number of nitrogens with two attached hydrogens (primary N) is 1. The second kappa shape index (κ2) is 5.98. The van der Waals surface area contributed by atoms with Crippen LogP contribution in [-0.4, -0.2) is 23.0 Å². The van der Waals surface area contributed by atoms with E-state index in [4.69, 9.17) is 10.5 Å². The highest BCUT2D eigenvalue weighted by Gasteiger charge is 2.19. The molecule has 0 aliphatic carbocycles. The molecule has 6 nitrogen and oxygen atoms in total. The van der Waals surface area contributed by atoms with Gasteiger partial charge < -0.3 is 10.5 Å². The minimum Gasteiger partial charge on any atom is -0.497 e. The summed E-state index contributed by atoms with van der Waals surface area (Å²) in [6.45, 7) is 1.88. The lowest BCUT2D eigenvalue weighted by Crippen LogP contribution is -2.11. The molecule has 0 spiro atoms. The zero-order chi connectivity index (χ0) is 17.6. The first-order valence-corrected chi connectivity index (χ1v) is 9.15. The summed E-state index contributed by atoms with van der Waals surface area (Å²) in [5, 5.41) is 6.96. The number of nitrogens with zero attached hydrogens (tertiary/aromatic N) is 2. The van der Waals surface area contributed by atoms with E-state index in [0.717, 1.165) is 32.6 Å². The fraction of sp³-hybridized carbons (Fsp3) is 0.118. The first kappa shape index (κ1) is 15.8. The summed E-state index contributed by atoms with van der Waals surface area (Å²) < 4.78 is 5.24. The van der Waals surface area contributed by atoms with Crippen LogP contribution in [0.1, 0.15) is 15.4 Å². The summed E-state index contributed by atoms with van der Waals surface area (Å²) >= 11 is 2.66. The number of ether oxygens (including phenoxy) is 1. The van der Waals surface area contributed by atoms with Crippen molar-refractivity contribution in [3.05, 3.63) is 40.2 Å². The number of amides is 1. The third kappa shape index (κ3) is 2.79. The molecule has 0 fully saturated rings. The van der Waals surface area contributed by atoms with Crippen LogP contribution in [0.5, 0.6) is 5.75 Å². The molecule has 0 saturated carbocycles. The topological polar surface area (TPSA) is 90.1 Å². The van der Waals surface area contributed by atoms with Gasteiger partial charge in [0, 0.05) is 22.2 Å². The van der Waals surface area contributed by atoms with E-state index in [1.807, 2.05) is 36.6 Å². The van der Waals surface area contributed by atoms with Gasteiger partial charge in [0.1, 0.15) is 15.5 Å². The van der Waals surface area contributed by atoms with Crippen molar-refractivity contribution in [2.24, 2.45) is 0 Å². The minimum atomic E-state index is -0.267. The highest BCUT2D eigenvalue weighted by atomic mass is 32.1. The number of pyridine rings is 1. The number of methoxy groups -OCH3 is 1. The lowest BCUT2D eigenvalue weighted by atomic mass is 10.1. The summed E-state index contributed by atoms with van der Waals surface area (Å²) in [6.07, 6.45) is 0. The van der Waals surface area contributed by atoms with Crippen LogP contribution < -0.4 is 15.8 Å². The van der Waals surface area contributed by atoms with Crippen molar-refractivity contribution in [3.8, 4) is 5.75 Å². The van der Waals surface area contributed by atoms with Crippen molar-refractivity contribution in [1.82, 2.24) is 9.97 Å². The lowest BCUT2D eigenvalue weighted by Gasteiger charge is -2.02. The summed E-state index contributed by atoms with van der Waals surface area (Å²) in [4.78, 5) is 22.6. The number of hydrogen-bond donors (Lipinski definition) is 2. The van der Waals surface area contributed by atoms with Crippen LogP contribution in [0, 0.1) is 6.92 Å². The summed E-state index contributed by atoms with van der Waals surface area (Å²) in [5.41, 5.74) is 8.32. The maximum absolute atomic E-state index is 12.5. The van der Waals surface area contributed by atoms with Gasteiger partial charge in [0.05, 0.1) is 24.0 Å². The van der Waals surface area contributed by atoms with Crippen LogP contribution in [0.4, 0.5) is 10.8 Å². The van der Waals surface area contributed by atoms with E-state index >= 15 is 0 Å². The van der Waals surface area contributed by atoms with Gasteiger partial charge in [-0.05, 0) is 25.1 Å². The monoisotopic (exact) mass is 370 g/mol. The maximum Gasteiger partial charge on any atom is 0.269 e. The molecule has 1 amide bonds. The molecular formula is C17H14N4O2S2. The van der Waals surface area contributed by atoms with Crippen molar-refractivity contribution in [2.75, 3.05) is 18.2 Å². The molecule has 1 aromatic carbocycles. The maximum atomic E-state index is 12.5. The molecule has 3 heterocycles. The number of thiophene rings is 1. The van der Waals surface area contributed by atoms with Crippen LogP contribution in [0.15, 0.2) is 29.6 Å². The smallest absolute Gasteiger partial charge is 0.269 e. The standard InChI is InChI=1S/C17H14N4O2S2/c1-8-7-24-17(19-8)21-15(22)14-13(18)11-5-9-3-4-10(23-2)6-12(9)20-16(11)25-14/h3-7H,18H2,1-2H3,(H,19,21,22). The third-order valence-electron chi connectivity index (χ3n) is 3.77. The van der Waals surface area contributed by atoms with Gasteiger partial charge in [0.25, 0.3) is 5.91 Å². The highest BCUT2D eigenvalue weighted by Crippen LogP contribution is 2.35. The molecular weight excluding hydrogens is 356 g/mol. The minimum absolute atomic E-state index is 0.267. The Hall–Kier alpha value is -2.71. The van der Waals surface area contributed by atoms with Crippen molar-refractivity contribution in [1.29, 1.82) is 0 Å². The fourth-order valence-electron chi connectivity index (χ4n) is 2.53. The van der Waals surface area contributed by atoms with Crippen LogP contribution >= 0.6 is 22.7 Å². The largest absolute Gasteiger partial charge is 0.497 e. The van der Waals surface area contributed by atoms with Gasteiger partial charge in [-0.15, -0.1) is 22.7 Å². The van der Waals surface area contributed by atoms with Gasteiger partial charge in [-0.25, -0.2) is 9.97 Å². The normalized spacial score (nSPS) is 11.1. The zero-order valence-corrected chi connectivity index (χ0v) is 15.1. The first-order chi connectivity index (χ1) is 12.0. The molecule has 0 radical (unpaired) electrons. The SMILES string of the molecule is COc1ccc2cc3c(N)c(C(=O)Nc4nc(C)cs4)sc3nc2c1. The second-order valence-corrected chi connectivity index (χ2v) is 7.35. The van der Waals surface area contributed by atoms with Crippen molar-refractivity contribution in [2.45, 2.75) is 6.92 Å². The van der Waals surface area contributed by atoms with E-state index in [9.17, 15) is 4.79 Å². The molecule has 25 heavy (non-hydrogen) atoms. The number of nitrogen functional groups attached to an aromatic ring is 1. The number of aromatic nitrogens is 2. The Morgan fingerprint density at radius 3 is 2.84 bits per heavy atom.